The molecule has 0 N–H and O–H groups in total. The van der Waals surface area contributed by atoms with Crippen molar-refractivity contribution < 1.29 is 4.12 Å². The second-order valence-corrected chi connectivity index (χ2v) is 5.85. The summed E-state index contributed by atoms with van der Waals surface area (Å²) in [7, 11) is 0.354. The molecule has 0 saturated heterocycles. The fourth-order valence-electron chi connectivity index (χ4n) is 0.931. The summed E-state index contributed by atoms with van der Waals surface area (Å²) in [6, 6.07) is 10.2. The van der Waals surface area contributed by atoms with E-state index in [1.165, 1.54) is 10.8 Å². The highest BCUT2D eigenvalue weighted by atomic mass is 28.3. The number of benzene rings is 1. The van der Waals surface area contributed by atoms with Gasteiger partial charge in [0, 0.05) is 0 Å². The molecular formula is C8H12OSi2. The number of rotatable bonds is 3. The van der Waals surface area contributed by atoms with Gasteiger partial charge >= 0.3 is 0 Å². The summed E-state index contributed by atoms with van der Waals surface area (Å²) >= 11 is 0. The first-order chi connectivity index (χ1) is 5.34. The van der Waals surface area contributed by atoms with Gasteiger partial charge in [0.1, 0.15) is 10.5 Å². The normalized spacial score (nSPS) is 10.9. The van der Waals surface area contributed by atoms with Crippen molar-refractivity contribution in [1.82, 2.24) is 0 Å². The fraction of sp³-hybridized carbons (Fsp3) is 0. The molecule has 0 heterocycles. The molecule has 0 saturated carbocycles. The first-order valence-corrected chi connectivity index (χ1v) is 5.67. The summed E-state index contributed by atoms with van der Waals surface area (Å²) in [6.45, 7) is 3.97. The predicted molar refractivity (Wildman–Crippen MR) is 55.0 cm³/mol. The van der Waals surface area contributed by atoms with Gasteiger partial charge in [0.05, 0.1) is 0 Å². The average molecular weight is 180 g/mol. The summed E-state index contributed by atoms with van der Waals surface area (Å²) in [4.78, 5) is 0. The molecule has 0 aliphatic rings. The molecule has 0 bridgehead atoms. The third kappa shape index (κ3) is 2.46. The van der Waals surface area contributed by atoms with E-state index in [0.29, 0.717) is 0 Å². The maximum absolute atomic E-state index is 5.24. The summed E-state index contributed by atoms with van der Waals surface area (Å²) in [5, 5.41) is 1.20. The Morgan fingerprint density at radius 3 is 2.55 bits per heavy atom. The zero-order valence-corrected chi connectivity index (χ0v) is 10.1. The Kier molecular flexibility index (Phi) is 3.29. The lowest BCUT2D eigenvalue weighted by Crippen LogP contribution is -1.97. The highest BCUT2D eigenvalue weighted by Crippen LogP contribution is 2.08. The molecule has 0 amide bonds. The molecule has 1 nitrogen and oxygen atoms in total. The molecule has 0 radical (unpaired) electrons. The third-order valence-corrected chi connectivity index (χ3v) is 3.41. The van der Waals surface area contributed by atoms with Crippen molar-refractivity contribution >= 4 is 25.4 Å². The Hall–Kier alpha value is -0.646. The van der Waals surface area contributed by atoms with Crippen LogP contribution >= 0.6 is 0 Å². The van der Waals surface area contributed by atoms with E-state index in [1.54, 1.807) is 0 Å². The third-order valence-electron chi connectivity index (χ3n) is 1.50. The van der Waals surface area contributed by atoms with Gasteiger partial charge in [-0.15, -0.1) is 0 Å². The topological polar surface area (TPSA) is 9.23 Å². The largest absolute Gasteiger partial charge is 0.465 e. The van der Waals surface area contributed by atoms with Crippen LogP contribution in [0.5, 0.6) is 0 Å². The lowest BCUT2D eigenvalue weighted by atomic mass is 10.2. The zero-order chi connectivity index (χ0) is 8.10. The van der Waals surface area contributed by atoms with Crippen LogP contribution in [0.3, 0.4) is 0 Å². The van der Waals surface area contributed by atoms with Crippen molar-refractivity contribution in [2.24, 2.45) is 0 Å². The van der Waals surface area contributed by atoms with E-state index in [-0.39, 0.29) is 0 Å². The van der Waals surface area contributed by atoms with Gasteiger partial charge in [-0.3, -0.25) is 0 Å². The zero-order valence-electron chi connectivity index (χ0n) is 6.71. The Morgan fingerprint density at radius 1 is 1.36 bits per heavy atom. The van der Waals surface area contributed by atoms with Crippen molar-refractivity contribution in [3.63, 3.8) is 0 Å². The standard InChI is InChI=1S/C8H12OSi2/c1-7(11-9-10)8-5-3-2-4-6-8/h2-6H,1,11H2,10H3. The SMILES string of the molecule is C=C([SiH2]O[SiH3])c1ccccc1. The van der Waals surface area contributed by atoms with Crippen LogP contribution in [0, 0.1) is 0 Å². The molecule has 1 rings (SSSR count). The van der Waals surface area contributed by atoms with E-state index in [0.717, 1.165) is 10.5 Å². The van der Waals surface area contributed by atoms with Gasteiger partial charge in [-0.25, -0.2) is 0 Å². The van der Waals surface area contributed by atoms with Crippen LogP contribution in [0.4, 0.5) is 0 Å². The second-order valence-electron chi connectivity index (χ2n) is 2.40. The first kappa shape index (κ1) is 8.45. The highest BCUT2D eigenvalue weighted by Gasteiger charge is 1.95. The van der Waals surface area contributed by atoms with E-state index in [2.05, 4.69) is 18.7 Å². The van der Waals surface area contributed by atoms with Crippen molar-refractivity contribution in [1.29, 1.82) is 0 Å². The maximum Gasteiger partial charge on any atom is 0.178 e. The Morgan fingerprint density at radius 2 is 2.00 bits per heavy atom. The summed E-state index contributed by atoms with van der Waals surface area (Å²) in [5.41, 5.74) is 1.23. The lowest BCUT2D eigenvalue weighted by molar-refractivity contribution is 0.677. The molecular weight excluding hydrogens is 168 g/mol. The molecule has 0 fully saturated rings. The molecule has 0 atom stereocenters. The molecule has 0 spiro atoms. The van der Waals surface area contributed by atoms with Gasteiger partial charge in [0.15, 0.2) is 9.76 Å². The van der Waals surface area contributed by atoms with Crippen LogP contribution in [0.1, 0.15) is 5.56 Å². The summed E-state index contributed by atoms with van der Waals surface area (Å²) in [6.07, 6.45) is 0. The van der Waals surface area contributed by atoms with Crippen molar-refractivity contribution in [3.05, 3.63) is 42.5 Å². The van der Waals surface area contributed by atoms with Crippen LogP contribution in [-0.4, -0.2) is 20.2 Å². The average Bonchev–Trinajstić information content (AvgIpc) is 2.07. The van der Waals surface area contributed by atoms with E-state index in [1.807, 2.05) is 18.2 Å². The van der Waals surface area contributed by atoms with E-state index in [9.17, 15) is 0 Å². The van der Waals surface area contributed by atoms with Gasteiger partial charge in [-0.1, -0.05) is 36.9 Å². The van der Waals surface area contributed by atoms with Crippen molar-refractivity contribution in [2.75, 3.05) is 0 Å². The molecule has 3 heteroatoms. The molecule has 58 valence electrons. The monoisotopic (exact) mass is 180 g/mol. The number of hydrogen-bond acceptors (Lipinski definition) is 1. The molecule has 0 aliphatic heterocycles. The maximum atomic E-state index is 5.24. The molecule has 1 aromatic rings. The van der Waals surface area contributed by atoms with E-state index >= 15 is 0 Å². The van der Waals surface area contributed by atoms with Gasteiger partial charge in [-0.05, 0) is 10.8 Å². The molecule has 1 aromatic carbocycles. The van der Waals surface area contributed by atoms with Gasteiger partial charge in [0.25, 0.3) is 0 Å². The van der Waals surface area contributed by atoms with E-state index in [4.69, 9.17) is 4.12 Å². The van der Waals surface area contributed by atoms with E-state index < -0.39 is 9.76 Å². The predicted octanol–water partition coefficient (Wildman–Crippen LogP) is 0.0381. The van der Waals surface area contributed by atoms with Crippen LogP contribution < -0.4 is 0 Å². The molecule has 0 aliphatic carbocycles. The Labute approximate surface area is 72.6 Å². The lowest BCUT2D eigenvalue weighted by Gasteiger charge is -2.02. The van der Waals surface area contributed by atoms with Crippen LogP contribution in [-0.2, 0) is 4.12 Å². The summed E-state index contributed by atoms with van der Waals surface area (Å²) in [5.74, 6) is 0. The van der Waals surface area contributed by atoms with Crippen LogP contribution in [0.2, 0.25) is 0 Å². The second kappa shape index (κ2) is 4.28. The molecule has 0 unspecified atom stereocenters. The van der Waals surface area contributed by atoms with Crippen LogP contribution in [0.25, 0.3) is 5.20 Å². The van der Waals surface area contributed by atoms with Crippen molar-refractivity contribution in [3.8, 4) is 0 Å². The number of hydrogen-bond donors (Lipinski definition) is 0. The van der Waals surface area contributed by atoms with Gasteiger partial charge in [-0.2, -0.15) is 0 Å². The quantitative estimate of drug-likeness (QED) is 0.597. The molecule has 0 aromatic heterocycles. The minimum absolute atomic E-state index is 0.485. The Bertz CT molecular complexity index is 233. The fourth-order valence-corrected chi connectivity index (χ4v) is 2.73. The van der Waals surface area contributed by atoms with Crippen LogP contribution in [0.15, 0.2) is 36.9 Å². The highest BCUT2D eigenvalue weighted by molar-refractivity contribution is 6.57. The minimum atomic E-state index is -0.485. The summed E-state index contributed by atoms with van der Waals surface area (Å²) < 4.78 is 5.24. The smallest absolute Gasteiger partial charge is 0.178 e. The van der Waals surface area contributed by atoms with Gasteiger partial charge in [0.2, 0.25) is 0 Å². The van der Waals surface area contributed by atoms with Crippen molar-refractivity contribution in [2.45, 2.75) is 0 Å². The minimum Gasteiger partial charge on any atom is -0.465 e. The first-order valence-electron chi connectivity index (χ1n) is 3.56. The Balaban J connectivity index is 2.69. The molecule has 11 heavy (non-hydrogen) atoms. The van der Waals surface area contributed by atoms with Gasteiger partial charge < -0.3 is 4.12 Å².